The summed E-state index contributed by atoms with van der Waals surface area (Å²) in [5.74, 6) is 0. The Balaban J connectivity index is 1.64. The molecule has 7 nitrogen and oxygen atoms in total. The molecule has 116 valence electrons. The highest BCUT2D eigenvalue weighted by molar-refractivity contribution is 9.10. The molecule has 0 bridgehead atoms. The Bertz CT molecular complexity index is 805. The molecule has 2 aromatic rings. The Hall–Kier alpha value is -1.29. The number of rotatable bonds is 2. The summed E-state index contributed by atoms with van der Waals surface area (Å²) < 4.78 is 35.3. The van der Waals surface area contributed by atoms with E-state index in [-0.39, 0.29) is 17.0 Å². The number of nitrogens with zero attached hydrogens (tertiary/aromatic N) is 4. The van der Waals surface area contributed by atoms with E-state index >= 15 is 0 Å². The molecule has 1 aromatic carbocycles. The van der Waals surface area contributed by atoms with Crippen LogP contribution in [0.4, 0.5) is 0 Å². The van der Waals surface area contributed by atoms with Gasteiger partial charge in [-0.2, -0.15) is 4.31 Å². The lowest BCUT2D eigenvalue weighted by Crippen LogP contribution is -2.32. The largest absolute Gasteiger partial charge is 0.368 e. The molecule has 1 fully saturated rings. The normalized spacial score (nSPS) is 25.0. The average Bonchev–Trinajstić information content (AvgIpc) is 3.13. The number of sulfonamides is 1. The lowest BCUT2D eigenvalue weighted by molar-refractivity contribution is -0.00389. The molecule has 2 aliphatic heterocycles. The molecule has 4 rings (SSSR count). The monoisotopic (exact) mass is 384 g/mol. The highest BCUT2D eigenvalue weighted by Gasteiger charge is 2.44. The number of ether oxygens (including phenoxy) is 1. The lowest BCUT2D eigenvalue weighted by Gasteiger charge is -2.25. The summed E-state index contributed by atoms with van der Waals surface area (Å²) in [6.07, 6.45) is 1.47. The van der Waals surface area contributed by atoms with Crippen molar-refractivity contribution >= 4 is 26.0 Å². The molecular formula is C13H13BrN4O3S. The van der Waals surface area contributed by atoms with Gasteiger partial charge in [0.25, 0.3) is 0 Å². The molecule has 2 aliphatic rings. The van der Waals surface area contributed by atoms with E-state index in [0.29, 0.717) is 19.7 Å². The summed E-state index contributed by atoms with van der Waals surface area (Å²) in [4.78, 5) is 0.285. The highest BCUT2D eigenvalue weighted by atomic mass is 79.9. The number of hydrogen-bond acceptors (Lipinski definition) is 5. The first kappa shape index (κ1) is 14.3. The van der Waals surface area contributed by atoms with Crippen molar-refractivity contribution in [3.8, 4) is 0 Å². The summed E-state index contributed by atoms with van der Waals surface area (Å²) >= 11 is 3.31. The molecule has 0 radical (unpaired) electrons. The first-order valence-electron chi connectivity index (χ1n) is 6.82. The quantitative estimate of drug-likeness (QED) is 0.776. The Morgan fingerprint density at radius 3 is 2.77 bits per heavy atom. The molecule has 0 aliphatic carbocycles. The number of halogens is 1. The van der Waals surface area contributed by atoms with Gasteiger partial charge in [0, 0.05) is 17.6 Å². The van der Waals surface area contributed by atoms with Crippen molar-refractivity contribution in [3.05, 3.63) is 40.6 Å². The molecule has 22 heavy (non-hydrogen) atoms. The summed E-state index contributed by atoms with van der Waals surface area (Å²) in [5, 5.41) is 7.94. The van der Waals surface area contributed by atoms with Crippen molar-refractivity contribution in [1.82, 2.24) is 19.3 Å². The molecule has 9 heteroatoms. The molecule has 0 amide bonds. The molecule has 3 heterocycles. The van der Waals surface area contributed by atoms with E-state index in [9.17, 15) is 8.42 Å². The molecule has 0 N–H and O–H groups in total. The van der Waals surface area contributed by atoms with Gasteiger partial charge < -0.3 is 4.74 Å². The summed E-state index contributed by atoms with van der Waals surface area (Å²) in [7, 11) is -3.53. The van der Waals surface area contributed by atoms with E-state index in [1.807, 2.05) is 0 Å². The number of benzene rings is 1. The van der Waals surface area contributed by atoms with Crippen LogP contribution < -0.4 is 0 Å². The van der Waals surface area contributed by atoms with Gasteiger partial charge in [-0.3, -0.25) is 0 Å². The second-order valence-corrected chi connectivity index (χ2v) is 8.22. The smallest absolute Gasteiger partial charge is 0.243 e. The first-order chi connectivity index (χ1) is 10.6. The van der Waals surface area contributed by atoms with Gasteiger partial charge in [0.05, 0.1) is 35.5 Å². The fraction of sp³-hybridized carbons (Fsp3) is 0.385. The highest BCUT2D eigenvalue weighted by Crippen LogP contribution is 2.33. The molecule has 2 atom stereocenters. The van der Waals surface area contributed by atoms with Crippen LogP contribution in [-0.4, -0.2) is 46.9 Å². The van der Waals surface area contributed by atoms with Crippen molar-refractivity contribution < 1.29 is 13.2 Å². The van der Waals surface area contributed by atoms with E-state index in [0.717, 1.165) is 10.2 Å². The standard InChI is InChI=1S/C13H13BrN4O3S/c14-9-1-3-11(4-2-9)22(19,20)17-6-12-13(7-17)21-8-10-5-15-16-18(10)12/h1-5,12-13H,6-8H2/t12-,13-/m1/s1. The fourth-order valence-electron chi connectivity index (χ4n) is 2.91. The third-order valence-electron chi connectivity index (χ3n) is 4.06. The topological polar surface area (TPSA) is 77.3 Å². The zero-order valence-electron chi connectivity index (χ0n) is 11.5. The van der Waals surface area contributed by atoms with Crippen LogP contribution in [0.2, 0.25) is 0 Å². The van der Waals surface area contributed by atoms with Crippen LogP contribution in [0.5, 0.6) is 0 Å². The van der Waals surface area contributed by atoms with Crippen LogP contribution >= 0.6 is 15.9 Å². The van der Waals surface area contributed by atoms with Crippen molar-refractivity contribution in [2.24, 2.45) is 0 Å². The van der Waals surface area contributed by atoms with Crippen molar-refractivity contribution in [2.75, 3.05) is 13.1 Å². The minimum atomic E-state index is -3.53. The van der Waals surface area contributed by atoms with E-state index in [4.69, 9.17) is 4.74 Å². The van der Waals surface area contributed by atoms with Gasteiger partial charge in [0.1, 0.15) is 0 Å². The molecule has 0 saturated carbocycles. The molecule has 1 aromatic heterocycles. The minimum absolute atomic E-state index is 0.114. The van der Waals surface area contributed by atoms with Crippen molar-refractivity contribution in [1.29, 1.82) is 0 Å². The maximum absolute atomic E-state index is 12.7. The Kier molecular flexibility index (Phi) is 3.33. The number of hydrogen-bond donors (Lipinski definition) is 0. The maximum atomic E-state index is 12.7. The van der Waals surface area contributed by atoms with Gasteiger partial charge in [0.2, 0.25) is 10.0 Å². The fourth-order valence-corrected chi connectivity index (χ4v) is 4.65. The van der Waals surface area contributed by atoms with E-state index in [1.165, 1.54) is 4.31 Å². The van der Waals surface area contributed by atoms with Crippen LogP contribution in [0.3, 0.4) is 0 Å². The summed E-state index contributed by atoms with van der Waals surface area (Å²) in [5.41, 5.74) is 0.879. The van der Waals surface area contributed by atoms with Crippen LogP contribution in [0, 0.1) is 0 Å². The van der Waals surface area contributed by atoms with Gasteiger partial charge in [-0.05, 0) is 24.3 Å². The second kappa shape index (κ2) is 5.12. The second-order valence-electron chi connectivity index (χ2n) is 5.36. The van der Waals surface area contributed by atoms with E-state index in [2.05, 4.69) is 26.2 Å². The molecule has 1 saturated heterocycles. The Labute approximate surface area is 136 Å². The minimum Gasteiger partial charge on any atom is -0.368 e. The Morgan fingerprint density at radius 1 is 1.23 bits per heavy atom. The predicted octanol–water partition coefficient (Wildman–Crippen LogP) is 1.18. The first-order valence-corrected chi connectivity index (χ1v) is 9.05. The summed E-state index contributed by atoms with van der Waals surface area (Å²) in [6, 6.07) is 6.53. The van der Waals surface area contributed by atoms with Gasteiger partial charge >= 0.3 is 0 Å². The molecule has 0 spiro atoms. The predicted molar refractivity (Wildman–Crippen MR) is 80.5 cm³/mol. The average molecular weight is 385 g/mol. The SMILES string of the molecule is O=S(=O)(c1ccc(Br)cc1)N1C[C@@H]2[C@@H](C1)OCc1cnnn12. The number of aromatic nitrogens is 3. The lowest BCUT2D eigenvalue weighted by atomic mass is 10.2. The third kappa shape index (κ3) is 2.19. The van der Waals surface area contributed by atoms with Crippen LogP contribution in [0.1, 0.15) is 11.7 Å². The van der Waals surface area contributed by atoms with Gasteiger partial charge in [-0.1, -0.05) is 21.1 Å². The van der Waals surface area contributed by atoms with E-state index in [1.54, 1.807) is 35.1 Å². The van der Waals surface area contributed by atoms with Crippen molar-refractivity contribution in [2.45, 2.75) is 23.6 Å². The zero-order chi connectivity index (χ0) is 15.3. The van der Waals surface area contributed by atoms with Crippen LogP contribution in [0.15, 0.2) is 39.8 Å². The molecular weight excluding hydrogens is 372 g/mol. The third-order valence-corrected chi connectivity index (χ3v) is 6.44. The maximum Gasteiger partial charge on any atom is 0.243 e. The summed E-state index contributed by atoms with van der Waals surface area (Å²) in [6.45, 7) is 1.10. The van der Waals surface area contributed by atoms with Gasteiger partial charge in [-0.25, -0.2) is 13.1 Å². The van der Waals surface area contributed by atoms with E-state index < -0.39 is 10.0 Å². The Morgan fingerprint density at radius 2 is 2.00 bits per heavy atom. The van der Waals surface area contributed by atoms with Crippen LogP contribution in [-0.2, 0) is 21.4 Å². The van der Waals surface area contributed by atoms with Crippen molar-refractivity contribution in [3.63, 3.8) is 0 Å². The number of fused-ring (bicyclic) bond motifs is 3. The van der Waals surface area contributed by atoms with Gasteiger partial charge in [0.15, 0.2) is 0 Å². The van der Waals surface area contributed by atoms with Gasteiger partial charge in [-0.15, -0.1) is 5.10 Å². The molecule has 0 unspecified atom stereocenters. The van der Waals surface area contributed by atoms with Crippen LogP contribution in [0.25, 0.3) is 0 Å². The zero-order valence-corrected chi connectivity index (χ0v) is 13.9.